The third-order valence-electron chi connectivity index (χ3n) is 4.84. The van der Waals surface area contributed by atoms with Crippen molar-refractivity contribution in [3.05, 3.63) is 60.1 Å². The van der Waals surface area contributed by atoms with E-state index in [1.165, 1.54) is 0 Å². The van der Waals surface area contributed by atoms with Crippen LogP contribution in [0.3, 0.4) is 0 Å². The average Bonchev–Trinajstić information content (AvgIpc) is 3.28. The maximum Gasteiger partial charge on any atom is 0.232 e. The molecule has 164 valence electrons. The zero-order valence-corrected chi connectivity index (χ0v) is 19.7. The van der Waals surface area contributed by atoms with Crippen molar-refractivity contribution >= 4 is 35.8 Å². The van der Waals surface area contributed by atoms with Crippen LogP contribution in [0.5, 0.6) is 0 Å². The number of guanidine groups is 1. The second kappa shape index (κ2) is 13.3. The molecule has 1 saturated heterocycles. The number of rotatable bonds is 8. The molecule has 1 aromatic heterocycles. The number of nitrogens with one attached hydrogen (secondary N) is 2. The maximum atomic E-state index is 13.2. The molecule has 0 saturated carbocycles. The van der Waals surface area contributed by atoms with Gasteiger partial charge in [-0.2, -0.15) is 0 Å². The minimum atomic E-state index is -0.310. The Bertz CT molecular complexity index is 762. The summed E-state index contributed by atoms with van der Waals surface area (Å²) in [5, 5.41) is 6.57. The van der Waals surface area contributed by atoms with Gasteiger partial charge in [-0.1, -0.05) is 30.3 Å². The van der Waals surface area contributed by atoms with Gasteiger partial charge in [0, 0.05) is 32.6 Å². The second-order valence-corrected chi connectivity index (χ2v) is 6.88. The molecule has 30 heavy (non-hydrogen) atoms. The number of furan rings is 1. The van der Waals surface area contributed by atoms with Gasteiger partial charge in [0.25, 0.3) is 0 Å². The van der Waals surface area contributed by atoms with Crippen LogP contribution in [0, 0.1) is 0 Å². The predicted octanol–water partition coefficient (Wildman–Crippen LogP) is 2.64. The molecule has 1 aliphatic rings. The number of ether oxygens (including phenoxy) is 1. The van der Waals surface area contributed by atoms with Crippen molar-refractivity contribution in [2.45, 2.75) is 19.3 Å². The molecule has 1 amide bonds. The van der Waals surface area contributed by atoms with E-state index < -0.39 is 0 Å². The third kappa shape index (κ3) is 7.32. The Kier molecular flexibility index (Phi) is 10.7. The van der Waals surface area contributed by atoms with Gasteiger partial charge in [0.05, 0.1) is 31.9 Å². The maximum absolute atomic E-state index is 13.2. The highest BCUT2D eigenvalue weighted by Gasteiger charge is 2.27. The Morgan fingerprint density at radius 1 is 1.13 bits per heavy atom. The first-order chi connectivity index (χ1) is 14.3. The highest BCUT2D eigenvalue weighted by Crippen LogP contribution is 2.20. The molecule has 1 fully saturated rings. The molecular formula is C22H31IN4O3. The second-order valence-electron chi connectivity index (χ2n) is 6.88. The highest BCUT2D eigenvalue weighted by molar-refractivity contribution is 14.0. The van der Waals surface area contributed by atoms with Gasteiger partial charge in [0.2, 0.25) is 5.91 Å². The summed E-state index contributed by atoms with van der Waals surface area (Å²) in [7, 11) is 0. The van der Waals surface area contributed by atoms with Crippen molar-refractivity contribution in [3.63, 3.8) is 0 Å². The first kappa shape index (κ1) is 24.2. The largest absolute Gasteiger partial charge is 0.469 e. The van der Waals surface area contributed by atoms with Gasteiger partial charge in [0.15, 0.2) is 5.96 Å². The smallest absolute Gasteiger partial charge is 0.232 e. The zero-order chi connectivity index (χ0) is 20.3. The van der Waals surface area contributed by atoms with Crippen LogP contribution in [0.2, 0.25) is 0 Å². The van der Waals surface area contributed by atoms with Crippen molar-refractivity contribution in [2.24, 2.45) is 4.99 Å². The summed E-state index contributed by atoms with van der Waals surface area (Å²) in [6.07, 6.45) is 2.45. The van der Waals surface area contributed by atoms with Crippen LogP contribution in [0.4, 0.5) is 0 Å². The van der Waals surface area contributed by atoms with Gasteiger partial charge in [0.1, 0.15) is 5.76 Å². The van der Waals surface area contributed by atoms with Gasteiger partial charge in [-0.05, 0) is 24.6 Å². The molecule has 7 nitrogen and oxygen atoms in total. The van der Waals surface area contributed by atoms with Crippen molar-refractivity contribution in [2.75, 3.05) is 45.9 Å². The van der Waals surface area contributed by atoms with Gasteiger partial charge < -0.3 is 24.7 Å². The molecule has 1 atom stereocenters. The summed E-state index contributed by atoms with van der Waals surface area (Å²) in [5.41, 5.74) is 0.985. The number of carbonyl (C=O) groups is 1. The lowest BCUT2D eigenvalue weighted by atomic mass is 9.97. The van der Waals surface area contributed by atoms with E-state index in [4.69, 9.17) is 14.1 Å². The Morgan fingerprint density at radius 3 is 2.57 bits per heavy atom. The van der Waals surface area contributed by atoms with Crippen LogP contribution in [-0.2, 0) is 16.0 Å². The molecule has 3 rings (SSSR count). The van der Waals surface area contributed by atoms with E-state index in [1.807, 2.05) is 54.3 Å². The van der Waals surface area contributed by atoms with Crippen LogP contribution in [0.15, 0.2) is 58.1 Å². The Hall–Kier alpha value is -2.07. The molecule has 0 spiro atoms. The van der Waals surface area contributed by atoms with E-state index in [0.29, 0.717) is 45.4 Å². The molecule has 8 heteroatoms. The molecule has 1 aliphatic heterocycles. The number of halogens is 1. The van der Waals surface area contributed by atoms with Gasteiger partial charge >= 0.3 is 0 Å². The van der Waals surface area contributed by atoms with E-state index in [1.54, 1.807) is 6.26 Å². The van der Waals surface area contributed by atoms with Gasteiger partial charge in [-0.25, -0.2) is 0 Å². The third-order valence-corrected chi connectivity index (χ3v) is 4.84. The molecule has 2 aromatic rings. The molecule has 2 N–H and O–H groups in total. The SMILES string of the molecule is CCNC(=NCC(C(=O)N1CCOCC1)c1ccccc1)NCCc1ccco1.I. The number of hydrogen-bond donors (Lipinski definition) is 2. The summed E-state index contributed by atoms with van der Waals surface area (Å²) in [6.45, 7) is 6.31. The molecule has 0 radical (unpaired) electrons. The van der Waals surface area contributed by atoms with Crippen LogP contribution >= 0.6 is 24.0 Å². The monoisotopic (exact) mass is 526 g/mol. The Labute approximate surface area is 195 Å². The summed E-state index contributed by atoms with van der Waals surface area (Å²) >= 11 is 0. The summed E-state index contributed by atoms with van der Waals surface area (Å²) in [4.78, 5) is 19.8. The number of hydrogen-bond acceptors (Lipinski definition) is 4. The minimum Gasteiger partial charge on any atom is -0.469 e. The van der Waals surface area contributed by atoms with Crippen LogP contribution in [0.25, 0.3) is 0 Å². The molecule has 0 aliphatic carbocycles. The van der Waals surface area contributed by atoms with Crippen LogP contribution in [0.1, 0.15) is 24.2 Å². The Morgan fingerprint density at radius 2 is 1.90 bits per heavy atom. The van der Waals surface area contributed by atoms with Crippen molar-refractivity contribution in [1.29, 1.82) is 0 Å². The van der Waals surface area contributed by atoms with E-state index in [-0.39, 0.29) is 35.8 Å². The lowest BCUT2D eigenvalue weighted by Crippen LogP contribution is -2.44. The highest BCUT2D eigenvalue weighted by atomic mass is 127. The van der Waals surface area contributed by atoms with Crippen molar-refractivity contribution in [3.8, 4) is 0 Å². The fraction of sp³-hybridized carbons (Fsp3) is 0.455. The lowest BCUT2D eigenvalue weighted by Gasteiger charge is -2.30. The van der Waals surface area contributed by atoms with E-state index in [0.717, 1.165) is 24.3 Å². The number of amides is 1. The molecule has 1 aromatic carbocycles. The van der Waals surface area contributed by atoms with Crippen LogP contribution in [-0.4, -0.2) is 62.7 Å². The number of aliphatic imine (C=N–C) groups is 1. The van der Waals surface area contributed by atoms with Gasteiger partial charge in [-0.3, -0.25) is 9.79 Å². The Balaban J connectivity index is 0.00000320. The first-order valence-electron chi connectivity index (χ1n) is 10.2. The van der Waals surface area contributed by atoms with Gasteiger partial charge in [-0.15, -0.1) is 24.0 Å². The first-order valence-corrected chi connectivity index (χ1v) is 10.2. The van der Waals surface area contributed by atoms with E-state index in [2.05, 4.69) is 10.6 Å². The number of nitrogens with zero attached hydrogens (tertiary/aromatic N) is 2. The lowest BCUT2D eigenvalue weighted by molar-refractivity contribution is -0.136. The molecular weight excluding hydrogens is 495 g/mol. The average molecular weight is 526 g/mol. The normalized spacial score (nSPS) is 15.2. The number of morpholine rings is 1. The topological polar surface area (TPSA) is 79.1 Å². The standard InChI is InChI=1S/C22H30N4O3.HI/c1-2-23-22(24-11-10-19-9-6-14-29-19)25-17-20(18-7-4-3-5-8-18)21(27)26-12-15-28-16-13-26;/h3-9,14,20H,2,10-13,15-17H2,1H3,(H2,23,24,25);1H. The molecule has 1 unspecified atom stereocenters. The fourth-order valence-electron chi connectivity index (χ4n) is 3.30. The van der Waals surface area contributed by atoms with E-state index >= 15 is 0 Å². The van der Waals surface area contributed by atoms with Crippen molar-refractivity contribution in [1.82, 2.24) is 15.5 Å². The van der Waals surface area contributed by atoms with Crippen LogP contribution < -0.4 is 10.6 Å². The number of benzene rings is 1. The van der Waals surface area contributed by atoms with E-state index in [9.17, 15) is 4.79 Å². The minimum absolute atomic E-state index is 0. The number of carbonyl (C=O) groups excluding carboxylic acids is 1. The summed E-state index contributed by atoms with van der Waals surface area (Å²) in [6, 6.07) is 13.7. The fourth-order valence-corrected chi connectivity index (χ4v) is 3.30. The zero-order valence-electron chi connectivity index (χ0n) is 17.4. The molecule has 2 heterocycles. The summed E-state index contributed by atoms with van der Waals surface area (Å²) in [5.74, 6) is 1.43. The predicted molar refractivity (Wildman–Crippen MR) is 128 cm³/mol. The summed E-state index contributed by atoms with van der Waals surface area (Å²) < 4.78 is 10.8. The quantitative estimate of drug-likeness (QED) is 0.314. The molecule has 0 bridgehead atoms. The van der Waals surface area contributed by atoms with Crippen molar-refractivity contribution < 1.29 is 13.9 Å².